The van der Waals surface area contributed by atoms with Crippen molar-refractivity contribution in [3.63, 3.8) is 0 Å². The summed E-state index contributed by atoms with van der Waals surface area (Å²) in [4.78, 5) is 15.8. The molecule has 0 aliphatic carbocycles. The maximum atomic E-state index is 6.56. The molecule has 0 spiro atoms. The highest BCUT2D eigenvalue weighted by molar-refractivity contribution is 7.25. The standard InChI is InChI=1S/C49H28N4OS/c1-2-12-29(13-3-1)47-50-48(32-22-23-36-35-18-8-11-21-45(35)55-46(36)26-32)52-49(51-47)39-27-38-34-17-7-10-20-43(34)54-44(38)28-42(39)53-40-19-9-6-16-33(40)37-24-30-14-4-5-15-31(30)25-41(37)53/h1-28H. The number of aromatic nitrogens is 4. The van der Waals surface area contributed by atoms with Gasteiger partial charge < -0.3 is 8.98 Å². The minimum absolute atomic E-state index is 0.592. The smallest absolute Gasteiger partial charge is 0.166 e. The molecule has 0 aliphatic heterocycles. The van der Waals surface area contributed by atoms with Crippen molar-refractivity contribution in [2.24, 2.45) is 0 Å². The second-order valence-electron chi connectivity index (χ2n) is 14.0. The summed E-state index contributed by atoms with van der Waals surface area (Å²) in [6.07, 6.45) is 0. The zero-order chi connectivity index (χ0) is 36.0. The lowest BCUT2D eigenvalue weighted by Crippen LogP contribution is -2.04. The average Bonchev–Trinajstić information content (AvgIpc) is 3.91. The van der Waals surface area contributed by atoms with Gasteiger partial charge in [0.1, 0.15) is 11.2 Å². The first kappa shape index (κ1) is 30.3. The monoisotopic (exact) mass is 720 g/mol. The SMILES string of the molecule is c1ccc(-c2nc(-c3ccc4c(c3)sc3ccccc34)nc(-c3cc4c(cc3-n3c5ccccc5c5cc6ccccc6cc53)oc3ccccc34)n2)cc1. The van der Waals surface area contributed by atoms with Crippen molar-refractivity contribution in [1.82, 2.24) is 19.5 Å². The van der Waals surface area contributed by atoms with E-state index >= 15 is 0 Å². The topological polar surface area (TPSA) is 56.7 Å². The van der Waals surface area contributed by atoms with Crippen molar-refractivity contribution in [3.8, 4) is 39.9 Å². The van der Waals surface area contributed by atoms with E-state index in [0.29, 0.717) is 17.5 Å². The Morgan fingerprint density at radius 3 is 1.95 bits per heavy atom. The molecule has 12 aromatic rings. The molecule has 0 amide bonds. The quantitative estimate of drug-likeness (QED) is 0.182. The van der Waals surface area contributed by atoms with E-state index in [1.165, 1.54) is 41.7 Å². The number of para-hydroxylation sites is 2. The van der Waals surface area contributed by atoms with E-state index in [2.05, 4.69) is 144 Å². The van der Waals surface area contributed by atoms with Crippen LogP contribution in [-0.4, -0.2) is 19.5 Å². The van der Waals surface area contributed by atoms with Crippen molar-refractivity contribution in [3.05, 3.63) is 170 Å². The van der Waals surface area contributed by atoms with Crippen molar-refractivity contribution < 1.29 is 4.42 Å². The van der Waals surface area contributed by atoms with E-state index in [9.17, 15) is 0 Å². The molecule has 0 unspecified atom stereocenters. The Bertz CT molecular complexity index is 3500. The first-order chi connectivity index (χ1) is 27.2. The number of hydrogen-bond donors (Lipinski definition) is 0. The predicted octanol–water partition coefficient (Wildman–Crippen LogP) is 13.4. The molecule has 55 heavy (non-hydrogen) atoms. The summed E-state index contributed by atoms with van der Waals surface area (Å²) in [5.74, 6) is 1.84. The minimum atomic E-state index is 0.592. The first-order valence-corrected chi connectivity index (χ1v) is 19.2. The van der Waals surface area contributed by atoms with Crippen LogP contribution in [0.25, 0.3) is 115 Å². The molecule has 0 N–H and O–H groups in total. The summed E-state index contributed by atoms with van der Waals surface area (Å²) < 4.78 is 11.4. The molecule has 0 radical (unpaired) electrons. The molecule has 5 nitrogen and oxygen atoms in total. The Balaban J connectivity index is 1.19. The van der Waals surface area contributed by atoms with Crippen LogP contribution in [0.3, 0.4) is 0 Å². The Hall–Kier alpha value is -7.15. The van der Waals surface area contributed by atoms with Crippen molar-refractivity contribution >= 4 is 86.0 Å². The zero-order valence-corrected chi connectivity index (χ0v) is 30.1. The van der Waals surface area contributed by atoms with Gasteiger partial charge in [0.2, 0.25) is 0 Å². The molecule has 12 rings (SSSR count). The lowest BCUT2D eigenvalue weighted by Gasteiger charge is -2.15. The third kappa shape index (κ3) is 4.68. The zero-order valence-electron chi connectivity index (χ0n) is 29.3. The fourth-order valence-electron chi connectivity index (χ4n) is 8.25. The second-order valence-corrected chi connectivity index (χ2v) is 15.1. The van der Waals surface area contributed by atoms with E-state index in [4.69, 9.17) is 19.4 Å². The minimum Gasteiger partial charge on any atom is -0.456 e. The number of fused-ring (bicyclic) bond motifs is 10. The average molecular weight is 721 g/mol. The number of hydrogen-bond acceptors (Lipinski definition) is 5. The van der Waals surface area contributed by atoms with Crippen LogP contribution in [0, 0.1) is 0 Å². The van der Waals surface area contributed by atoms with E-state index in [-0.39, 0.29) is 0 Å². The van der Waals surface area contributed by atoms with Crippen molar-refractivity contribution in [2.45, 2.75) is 0 Å². The summed E-state index contributed by atoms with van der Waals surface area (Å²) in [5.41, 5.74) is 7.53. The summed E-state index contributed by atoms with van der Waals surface area (Å²) in [7, 11) is 0. The van der Waals surface area contributed by atoms with Crippen LogP contribution in [0.4, 0.5) is 0 Å². The van der Waals surface area contributed by atoms with Gasteiger partial charge in [0, 0.05) is 64.5 Å². The van der Waals surface area contributed by atoms with Gasteiger partial charge in [-0.2, -0.15) is 0 Å². The highest BCUT2D eigenvalue weighted by Crippen LogP contribution is 2.42. The second kappa shape index (κ2) is 11.7. The molecule has 0 saturated heterocycles. The maximum absolute atomic E-state index is 6.56. The van der Waals surface area contributed by atoms with Gasteiger partial charge in [-0.05, 0) is 53.2 Å². The normalized spacial score (nSPS) is 12.0. The molecule has 6 heteroatoms. The fraction of sp³-hybridized carbons (Fsp3) is 0. The highest BCUT2D eigenvalue weighted by atomic mass is 32.1. The number of rotatable bonds is 4. The van der Waals surface area contributed by atoms with Gasteiger partial charge in [-0.25, -0.2) is 15.0 Å². The Kier molecular flexibility index (Phi) is 6.44. The van der Waals surface area contributed by atoms with E-state index in [0.717, 1.165) is 55.3 Å². The Morgan fingerprint density at radius 1 is 0.400 bits per heavy atom. The Labute approximate surface area is 318 Å². The highest BCUT2D eigenvalue weighted by Gasteiger charge is 2.23. The lowest BCUT2D eigenvalue weighted by molar-refractivity contribution is 0.668. The fourth-order valence-corrected chi connectivity index (χ4v) is 9.39. The van der Waals surface area contributed by atoms with E-state index in [1.807, 2.05) is 30.3 Å². The first-order valence-electron chi connectivity index (χ1n) is 18.3. The number of thiophene rings is 1. The molecule has 4 heterocycles. The molecule has 256 valence electrons. The predicted molar refractivity (Wildman–Crippen MR) is 228 cm³/mol. The van der Waals surface area contributed by atoms with Gasteiger partial charge in [-0.15, -0.1) is 11.3 Å². The van der Waals surface area contributed by atoms with Gasteiger partial charge in [-0.3, -0.25) is 0 Å². The largest absolute Gasteiger partial charge is 0.456 e. The third-order valence-corrected chi connectivity index (χ3v) is 12.0. The van der Waals surface area contributed by atoms with Crippen molar-refractivity contribution in [2.75, 3.05) is 0 Å². The van der Waals surface area contributed by atoms with Crippen LogP contribution in [0.1, 0.15) is 0 Å². The molecule has 8 aromatic carbocycles. The van der Waals surface area contributed by atoms with Crippen LogP contribution >= 0.6 is 11.3 Å². The molecule has 0 atom stereocenters. The molecule has 4 aromatic heterocycles. The molecule has 0 aliphatic rings. The van der Waals surface area contributed by atoms with Gasteiger partial charge in [0.05, 0.1) is 16.7 Å². The number of nitrogens with zero attached hydrogens (tertiary/aromatic N) is 4. The third-order valence-electron chi connectivity index (χ3n) is 10.8. The van der Waals surface area contributed by atoms with Crippen LogP contribution in [0.2, 0.25) is 0 Å². The number of furan rings is 1. The van der Waals surface area contributed by atoms with Gasteiger partial charge >= 0.3 is 0 Å². The van der Waals surface area contributed by atoms with Crippen LogP contribution in [-0.2, 0) is 0 Å². The maximum Gasteiger partial charge on any atom is 0.166 e. The summed E-state index contributed by atoms with van der Waals surface area (Å²) in [6.45, 7) is 0. The molecule has 0 bridgehead atoms. The summed E-state index contributed by atoms with van der Waals surface area (Å²) in [5, 5.41) is 9.30. The van der Waals surface area contributed by atoms with Gasteiger partial charge in [0.15, 0.2) is 17.5 Å². The summed E-state index contributed by atoms with van der Waals surface area (Å²) >= 11 is 1.79. The van der Waals surface area contributed by atoms with Crippen LogP contribution in [0.15, 0.2) is 174 Å². The molecular weight excluding hydrogens is 693 g/mol. The van der Waals surface area contributed by atoms with E-state index < -0.39 is 0 Å². The van der Waals surface area contributed by atoms with Gasteiger partial charge in [-0.1, -0.05) is 121 Å². The molecular formula is C49H28N4OS. The summed E-state index contributed by atoms with van der Waals surface area (Å²) in [6, 6.07) is 59.7. The Morgan fingerprint density at radius 2 is 1.07 bits per heavy atom. The molecule has 0 saturated carbocycles. The van der Waals surface area contributed by atoms with Crippen LogP contribution < -0.4 is 0 Å². The van der Waals surface area contributed by atoms with Crippen LogP contribution in [0.5, 0.6) is 0 Å². The lowest BCUT2D eigenvalue weighted by atomic mass is 10.0. The number of benzene rings is 8. The van der Waals surface area contributed by atoms with E-state index in [1.54, 1.807) is 11.3 Å². The van der Waals surface area contributed by atoms with Crippen molar-refractivity contribution in [1.29, 1.82) is 0 Å². The van der Waals surface area contributed by atoms with Gasteiger partial charge in [0.25, 0.3) is 0 Å². The molecule has 0 fully saturated rings.